The van der Waals surface area contributed by atoms with Crippen molar-refractivity contribution in [3.63, 3.8) is 0 Å². The summed E-state index contributed by atoms with van der Waals surface area (Å²) in [6, 6.07) is 0.439. The second-order valence-electron chi connectivity index (χ2n) is 3.73. The second-order valence-corrected chi connectivity index (χ2v) is 3.73. The van der Waals surface area contributed by atoms with Gasteiger partial charge in [-0.05, 0) is 26.8 Å². The highest BCUT2D eigenvalue weighted by atomic mass is 19.3. The third kappa shape index (κ3) is 6.90. The topological polar surface area (TPSA) is 12.5 Å². The smallest absolute Gasteiger partial charge is 0.323 e. The van der Waals surface area contributed by atoms with Gasteiger partial charge in [-0.15, -0.1) is 0 Å². The number of nitrogens with zero attached hydrogens (tertiary/aromatic N) is 1. The molecule has 2 nitrogen and oxygen atoms in total. The summed E-state index contributed by atoms with van der Waals surface area (Å²) in [5.41, 5.74) is 0. The van der Waals surface area contributed by atoms with Gasteiger partial charge in [0, 0.05) is 12.6 Å². The molecule has 0 bridgehead atoms. The largest absolute Gasteiger partial charge is 0.345 e. The van der Waals surface area contributed by atoms with Crippen molar-refractivity contribution in [1.82, 2.24) is 4.90 Å². The van der Waals surface area contributed by atoms with Gasteiger partial charge in [0.15, 0.2) is 0 Å². The van der Waals surface area contributed by atoms with Crippen LogP contribution in [0.2, 0.25) is 0 Å². The minimum absolute atomic E-state index is 0.120. The van der Waals surface area contributed by atoms with Crippen LogP contribution in [0.1, 0.15) is 20.8 Å². The normalized spacial score (nSPS) is 14.5. The Labute approximate surface area is 78.9 Å². The molecule has 0 aliphatic rings. The van der Waals surface area contributed by atoms with Crippen LogP contribution < -0.4 is 0 Å². The van der Waals surface area contributed by atoms with Gasteiger partial charge < -0.3 is 9.64 Å². The number of hydrogen-bond donors (Lipinski definition) is 0. The molecule has 0 aromatic heterocycles. The van der Waals surface area contributed by atoms with Gasteiger partial charge in [0.05, 0.1) is 6.61 Å². The summed E-state index contributed by atoms with van der Waals surface area (Å²) in [6.07, 6.45) is 0. The van der Waals surface area contributed by atoms with Gasteiger partial charge in [-0.1, -0.05) is 6.92 Å². The molecule has 0 aromatic carbocycles. The SMILES string of the molecule is CC(COC(F)F)CN(C)C(C)C. The molecule has 0 N–H and O–H groups in total. The number of halogens is 2. The van der Waals surface area contributed by atoms with Gasteiger partial charge in [-0.2, -0.15) is 8.78 Å². The van der Waals surface area contributed by atoms with Crippen molar-refractivity contribution in [2.75, 3.05) is 20.2 Å². The highest BCUT2D eigenvalue weighted by Crippen LogP contribution is 2.05. The quantitative estimate of drug-likeness (QED) is 0.644. The molecule has 1 unspecified atom stereocenters. The molecule has 0 radical (unpaired) electrons. The Morgan fingerprint density at radius 3 is 2.15 bits per heavy atom. The molecule has 0 fully saturated rings. The van der Waals surface area contributed by atoms with Gasteiger partial charge in [0.2, 0.25) is 0 Å². The van der Waals surface area contributed by atoms with E-state index < -0.39 is 6.61 Å². The first-order valence-electron chi connectivity index (χ1n) is 4.53. The highest BCUT2D eigenvalue weighted by molar-refractivity contribution is 4.61. The van der Waals surface area contributed by atoms with E-state index in [0.29, 0.717) is 6.04 Å². The Balaban J connectivity index is 3.55. The number of ether oxygens (including phenoxy) is 1. The third-order valence-corrected chi connectivity index (χ3v) is 1.99. The fourth-order valence-corrected chi connectivity index (χ4v) is 0.992. The molecule has 0 aliphatic carbocycles. The Hall–Kier alpha value is -0.220. The van der Waals surface area contributed by atoms with Crippen molar-refractivity contribution in [1.29, 1.82) is 0 Å². The maximum atomic E-state index is 11.7. The fourth-order valence-electron chi connectivity index (χ4n) is 0.992. The average Bonchev–Trinajstić information content (AvgIpc) is 2.00. The van der Waals surface area contributed by atoms with Gasteiger partial charge in [0.25, 0.3) is 0 Å². The molecule has 4 heteroatoms. The molecule has 0 saturated carbocycles. The summed E-state index contributed by atoms with van der Waals surface area (Å²) >= 11 is 0. The number of alkyl halides is 2. The van der Waals surface area contributed by atoms with E-state index in [0.717, 1.165) is 6.54 Å². The van der Waals surface area contributed by atoms with E-state index in [1.54, 1.807) is 0 Å². The number of hydrogen-bond acceptors (Lipinski definition) is 2. The highest BCUT2D eigenvalue weighted by Gasteiger charge is 2.11. The summed E-state index contributed by atoms with van der Waals surface area (Å²) in [7, 11) is 1.98. The van der Waals surface area contributed by atoms with E-state index >= 15 is 0 Å². The Morgan fingerprint density at radius 2 is 1.77 bits per heavy atom. The van der Waals surface area contributed by atoms with Crippen molar-refractivity contribution >= 4 is 0 Å². The summed E-state index contributed by atoms with van der Waals surface area (Å²) in [6.45, 7) is 4.30. The van der Waals surface area contributed by atoms with Gasteiger partial charge in [-0.25, -0.2) is 0 Å². The van der Waals surface area contributed by atoms with Crippen molar-refractivity contribution in [2.45, 2.75) is 33.4 Å². The molecule has 0 rings (SSSR count). The standard InChI is InChI=1S/C9H19F2NO/c1-7(2)12(4)5-8(3)6-13-9(10)11/h7-9H,5-6H2,1-4H3. The molecular formula is C9H19F2NO. The molecule has 0 aliphatic heterocycles. The van der Waals surface area contributed by atoms with E-state index in [-0.39, 0.29) is 12.5 Å². The summed E-state index contributed by atoms with van der Waals surface area (Å²) in [5, 5.41) is 0. The Bertz CT molecular complexity index is 131. The molecule has 0 amide bonds. The number of rotatable bonds is 6. The maximum absolute atomic E-state index is 11.7. The van der Waals surface area contributed by atoms with Gasteiger partial charge >= 0.3 is 6.61 Å². The first kappa shape index (κ1) is 12.8. The predicted octanol–water partition coefficient (Wildman–Crippen LogP) is 2.20. The minimum Gasteiger partial charge on any atom is -0.323 e. The molecule has 80 valence electrons. The van der Waals surface area contributed by atoms with E-state index in [2.05, 4.69) is 23.5 Å². The lowest BCUT2D eigenvalue weighted by molar-refractivity contribution is -0.138. The zero-order valence-corrected chi connectivity index (χ0v) is 8.76. The van der Waals surface area contributed by atoms with Crippen LogP contribution in [0, 0.1) is 5.92 Å². The van der Waals surface area contributed by atoms with Crippen LogP contribution in [-0.4, -0.2) is 37.8 Å². The van der Waals surface area contributed by atoms with Gasteiger partial charge in [0.1, 0.15) is 0 Å². The third-order valence-electron chi connectivity index (χ3n) is 1.99. The zero-order chi connectivity index (χ0) is 10.4. The Morgan fingerprint density at radius 1 is 1.23 bits per heavy atom. The molecule has 13 heavy (non-hydrogen) atoms. The van der Waals surface area contributed by atoms with Crippen LogP contribution in [0.4, 0.5) is 8.78 Å². The lowest BCUT2D eigenvalue weighted by Gasteiger charge is -2.24. The van der Waals surface area contributed by atoms with Crippen LogP contribution in [0.3, 0.4) is 0 Å². The van der Waals surface area contributed by atoms with E-state index in [1.165, 1.54) is 0 Å². The van der Waals surface area contributed by atoms with E-state index in [4.69, 9.17) is 0 Å². The monoisotopic (exact) mass is 195 g/mol. The van der Waals surface area contributed by atoms with E-state index in [9.17, 15) is 8.78 Å². The molecule has 1 atom stereocenters. The van der Waals surface area contributed by atoms with E-state index in [1.807, 2.05) is 14.0 Å². The van der Waals surface area contributed by atoms with Crippen molar-refractivity contribution in [2.24, 2.45) is 5.92 Å². The molecular weight excluding hydrogens is 176 g/mol. The summed E-state index contributed by atoms with van der Waals surface area (Å²) in [5.74, 6) is 0.140. The van der Waals surface area contributed by atoms with Crippen LogP contribution in [0.15, 0.2) is 0 Å². The van der Waals surface area contributed by atoms with Crippen molar-refractivity contribution in [3.05, 3.63) is 0 Å². The van der Waals surface area contributed by atoms with Crippen LogP contribution in [0.5, 0.6) is 0 Å². The van der Waals surface area contributed by atoms with Crippen LogP contribution in [-0.2, 0) is 4.74 Å². The van der Waals surface area contributed by atoms with Crippen LogP contribution in [0.25, 0.3) is 0 Å². The lowest BCUT2D eigenvalue weighted by atomic mass is 10.1. The van der Waals surface area contributed by atoms with Crippen LogP contribution >= 0.6 is 0 Å². The average molecular weight is 195 g/mol. The fraction of sp³-hybridized carbons (Fsp3) is 1.00. The van der Waals surface area contributed by atoms with Crippen molar-refractivity contribution in [3.8, 4) is 0 Å². The first-order valence-corrected chi connectivity index (χ1v) is 4.53. The molecule has 0 aromatic rings. The first-order chi connectivity index (χ1) is 5.93. The molecule has 0 saturated heterocycles. The minimum atomic E-state index is -2.65. The second kappa shape index (κ2) is 6.27. The van der Waals surface area contributed by atoms with Gasteiger partial charge in [-0.3, -0.25) is 0 Å². The predicted molar refractivity (Wildman–Crippen MR) is 48.9 cm³/mol. The molecule has 0 spiro atoms. The summed E-state index contributed by atoms with van der Waals surface area (Å²) < 4.78 is 27.5. The maximum Gasteiger partial charge on any atom is 0.345 e. The lowest BCUT2D eigenvalue weighted by Crippen LogP contribution is -2.32. The van der Waals surface area contributed by atoms with Crippen molar-refractivity contribution < 1.29 is 13.5 Å². The summed E-state index contributed by atoms with van der Waals surface area (Å²) in [4.78, 5) is 2.11. The Kier molecular flexibility index (Phi) is 6.16. The molecule has 0 heterocycles. The zero-order valence-electron chi connectivity index (χ0n) is 8.76.